The van der Waals surface area contributed by atoms with Gasteiger partial charge in [0, 0.05) is 30.6 Å². The summed E-state index contributed by atoms with van der Waals surface area (Å²) in [6.07, 6.45) is 0.377. The number of halogens is 3. The van der Waals surface area contributed by atoms with Crippen molar-refractivity contribution in [2.75, 3.05) is 5.75 Å². The van der Waals surface area contributed by atoms with Crippen molar-refractivity contribution in [2.45, 2.75) is 36.9 Å². The highest BCUT2D eigenvalue weighted by Crippen LogP contribution is 2.41. The lowest BCUT2D eigenvalue weighted by molar-refractivity contribution is -0.141. The van der Waals surface area contributed by atoms with E-state index in [1.807, 2.05) is 6.07 Å². The maximum Gasteiger partial charge on any atom is 0.433 e. The van der Waals surface area contributed by atoms with Gasteiger partial charge >= 0.3 is 6.18 Å². The number of aryl methyl sites for hydroxylation is 1. The van der Waals surface area contributed by atoms with E-state index in [1.54, 1.807) is 29.3 Å². The van der Waals surface area contributed by atoms with E-state index in [-0.39, 0.29) is 5.52 Å². The van der Waals surface area contributed by atoms with Crippen molar-refractivity contribution in [3.63, 3.8) is 0 Å². The zero-order valence-electron chi connectivity index (χ0n) is 16.1. The number of aromatic nitrogens is 6. The van der Waals surface area contributed by atoms with Crippen molar-refractivity contribution in [3.8, 4) is 11.4 Å². The number of fused-ring (bicyclic) bond motifs is 2. The van der Waals surface area contributed by atoms with Gasteiger partial charge in [0.1, 0.15) is 11.5 Å². The van der Waals surface area contributed by atoms with Gasteiger partial charge in [-0.3, -0.25) is 4.21 Å². The summed E-state index contributed by atoms with van der Waals surface area (Å²) in [6, 6.07) is 2.82. The SMILES string of the molecule is CCS(=O)c1nn2c(C3CC3)ccnc2c1-c1nc2cc(C(F)(F)F)ncc2n1C. The molecule has 4 aromatic heterocycles. The Morgan fingerprint density at radius 1 is 1.27 bits per heavy atom. The zero-order valence-corrected chi connectivity index (χ0v) is 17.0. The molecular formula is C19H17F3N6OS. The molecule has 11 heteroatoms. The number of hydrogen-bond acceptors (Lipinski definition) is 5. The Hall–Kier alpha value is -2.82. The third-order valence-corrected chi connectivity index (χ3v) is 6.51. The van der Waals surface area contributed by atoms with Gasteiger partial charge in [0.15, 0.2) is 10.7 Å². The number of hydrogen-bond donors (Lipinski definition) is 0. The molecule has 1 aliphatic rings. The quantitative estimate of drug-likeness (QED) is 0.489. The smallest absolute Gasteiger partial charge is 0.326 e. The minimum Gasteiger partial charge on any atom is -0.326 e. The number of nitrogens with zero attached hydrogens (tertiary/aromatic N) is 6. The lowest BCUT2D eigenvalue weighted by Crippen LogP contribution is -2.07. The first kappa shape index (κ1) is 19.2. The minimum atomic E-state index is -4.56. The van der Waals surface area contributed by atoms with Gasteiger partial charge in [-0.2, -0.15) is 18.3 Å². The second-order valence-corrected chi connectivity index (χ2v) is 8.90. The molecule has 4 aromatic rings. The fourth-order valence-corrected chi connectivity index (χ4v) is 4.45. The molecular weight excluding hydrogens is 417 g/mol. The maximum atomic E-state index is 13.1. The summed E-state index contributed by atoms with van der Waals surface area (Å²) < 4.78 is 55.4. The van der Waals surface area contributed by atoms with Gasteiger partial charge in [-0.15, -0.1) is 0 Å². The number of rotatable bonds is 4. The zero-order chi connectivity index (χ0) is 21.2. The van der Waals surface area contributed by atoms with Crippen molar-refractivity contribution in [1.29, 1.82) is 0 Å². The van der Waals surface area contributed by atoms with Crippen LogP contribution in [-0.2, 0) is 24.0 Å². The number of pyridine rings is 1. The van der Waals surface area contributed by atoms with Crippen LogP contribution in [0.25, 0.3) is 28.1 Å². The summed E-state index contributed by atoms with van der Waals surface area (Å²) in [5.41, 5.74) is 1.54. The topological polar surface area (TPSA) is 78.0 Å². The average Bonchev–Trinajstić information content (AvgIpc) is 3.42. The Labute approximate surface area is 171 Å². The van der Waals surface area contributed by atoms with Gasteiger partial charge in [0.05, 0.1) is 33.6 Å². The summed E-state index contributed by atoms with van der Waals surface area (Å²) in [6.45, 7) is 1.79. The van der Waals surface area contributed by atoms with Crippen LogP contribution in [0.5, 0.6) is 0 Å². The summed E-state index contributed by atoms with van der Waals surface area (Å²) in [4.78, 5) is 12.4. The molecule has 4 heterocycles. The summed E-state index contributed by atoms with van der Waals surface area (Å²) in [5, 5.41) is 4.93. The minimum absolute atomic E-state index is 0.153. The molecule has 0 bridgehead atoms. The molecule has 0 amide bonds. The number of alkyl halides is 3. The predicted octanol–water partition coefficient (Wildman–Crippen LogP) is 3.70. The summed E-state index contributed by atoms with van der Waals surface area (Å²) in [5.74, 6) is 1.09. The normalized spacial score (nSPS) is 15.9. The highest BCUT2D eigenvalue weighted by atomic mass is 32.2. The molecule has 0 spiro atoms. The van der Waals surface area contributed by atoms with E-state index < -0.39 is 22.7 Å². The van der Waals surface area contributed by atoms with Crippen LogP contribution in [-0.4, -0.2) is 39.1 Å². The maximum absolute atomic E-state index is 13.1. The van der Waals surface area contributed by atoms with E-state index in [2.05, 4.69) is 20.1 Å². The first-order chi connectivity index (χ1) is 14.3. The van der Waals surface area contributed by atoms with Crippen molar-refractivity contribution in [2.24, 2.45) is 7.05 Å². The summed E-state index contributed by atoms with van der Waals surface area (Å²) >= 11 is 0. The van der Waals surface area contributed by atoms with Crippen LogP contribution in [0.15, 0.2) is 29.6 Å². The summed E-state index contributed by atoms with van der Waals surface area (Å²) in [7, 11) is 0.282. The third-order valence-electron chi connectivity index (χ3n) is 5.27. The highest BCUT2D eigenvalue weighted by molar-refractivity contribution is 7.85. The Morgan fingerprint density at radius 3 is 2.70 bits per heavy atom. The van der Waals surface area contributed by atoms with Gasteiger partial charge in [-0.25, -0.2) is 19.5 Å². The molecule has 5 rings (SSSR count). The second kappa shape index (κ2) is 6.59. The lowest BCUT2D eigenvalue weighted by atomic mass is 10.2. The monoisotopic (exact) mass is 434 g/mol. The van der Waals surface area contributed by atoms with Crippen molar-refractivity contribution in [1.82, 2.24) is 29.1 Å². The molecule has 1 aliphatic carbocycles. The molecule has 30 heavy (non-hydrogen) atoms. The van der Waals surface area contributed by atoms with Gasteiger partial charge in [0.25, 0.3) is 0 Å². The van der Waals surface area contributed by atoms with E-state index in [4.69, 9.17) is 0 Å². The molecule has 0 radical (unpaired) electrons. The molecule has 0 aliphatic heterocycles. The van der Waals surface area contributed by atoms with Crippen LogP contribution in [0.1, 0.15) is 37.1 Å². The molecule has 1 unspecified atom stereocenters. The molecule has 156 valence electrons. The Bertz CT molecular complexity index is 1320. The van der Waals surface area contributed by atoms with E-state index in [0.717, 1.165) is 30.8 Å². The predicted molar refractivity (Wildman–Crippen MR) is 104 cm³/mol. The Kier molecular flexibility index (Phi) is 4.21. The van der Waals surface area contributed by atoms with Crippen LogP contribution in [0.4, 0.5) is 13.2 Å². The first-order valence-electron chi connectivity index (χ1n) is 9.45. The Balaban J connectivity index is 1.80. The van der Waals surface area contributed by atoms with Gasteiger partial charge < -0.3 is 4.57 Å². The van der Waals surface area contributed by atoms with Crippen molar-refractivity contribution < 1.29 is 17.4 Å². The fourth-order valence-electron chi connectivity index (χ4n) is 3.59. The van der Waals surface area contributed by atoms with E-state index in [1.165, 1.54) is 0 Å². The van der Waals surface area contributed by atoms with Gasteiger partial charge in [-0.05, 0) is 25.0 Å². The molecule has 7 nitrogen and oxygen atoms in total. The number of imidazole rings is 1. The average molecular weight is 434 g/mol. The third kappa shape index (κ3) is 2.91. The van der Waals surface area contributed by atoms with Crippen molar-refractivity contribution in [3.05, 3.63) is 35.9 Å². The van der Waals surface area contributed by atoms with E-state index in [9.17, 15) is 17.4 Å². The Morgan fingerprint density at radius 2 is 2.03 bits per heavy atom. The van der Waals surface area contributed by atoms with Gasteiger partial charge in [-0.1, -0.05) is 6.92 Å². The fraction of sp³-hybridized carbons (Fsp3) is 0.368. The van der Waals surface area contributed by atoms with Crippen LogP contribution in [0, 0.1) is 0 Å². The molecule has 0 N–H and O–H groups in total. The standard InChI is InChI=1S/C19H17F3N6OS/c1-3-30(29)18-15(16-23-7-6-12(10-4-5-10)28(16)26-18)17-25-11-8-14(19(20,21)22)24-9-13(11)27(17)2/h6-10H,3-5H2,1-2H3. The first-order valence-corrected chi connectivity index (χ1v) is 10.8. The van der Waals surface area contributed by atoms with Crippen LogP contribution in [0.2, 0.25) is 0 Å². The molecule has 1 fully saturated rings. The molecule has 1 saturated carbocycles. The van der Waals surface area contributed by atoms with Crippen LogP contribution in [0.3, 0.4) is 0 Å². The van der Waals surface area contributed by atoms with Gasteiger partial charge in [0.2, 0.25) is 0 Å². The van der Waals surface area contributed by atoms with E-state index in [0.29, 0.717) is 39.2 Å². The van der Waals surface area contributed by atoms with E-state index >= 15 is 0 Å². The second-order valence-electron chi connectivity index (χ2n) is 7.24. The largest absolute Gasteiger partial charge is 0.433 e. The molecule has 0 saturated heterocycles. The highest BCUT2D eigenvalue weighted by Gasteiger charge is 2.34. The van der Waals surface area contributed by atoms with Crippen LogP contribution >= 0.6 is 0 Å². The molecule has 1 atom stereocenters. The van der Waals surface area contributed by atoms with Crippen LogP contribution < -0.4 is 0 Å². The lowest BCUT2D eigenvalue weighted by Gasteiger charge is -2.05. The molecule has 0 aromatic carbocycles. The van der Waals surface area contributed by atoms with Crippen molar-refractivity contribution >= 4 is 27.5 Å².